The lowest BCUT2D eigenvalue weighted by molar-refractivity contribution is 0.162. The van der Waals surface area contributed by atoms with Crippen LogP contribution in [0.15, 0.2) is 18.3 Å². The molecule has 4 N–H and O–H groups in total. The van der Waals surface area contributed by atoms with Crippen molar-refractivity contribution in [2.24, 2.45) is 5.73 Å². The molecule has 0 aliphatic carbocycles. The number of pyridine rings is 1. The number of nitrogens with two attached hydrogens (primary N) is 1. The minimum atomic E-state index is -0.638. The Labute approximate surface area is 77.0 Å². The number of aliphatic hydroxyl groups excluding tert-OH is 2. The van der Waals surface area contributed by atoms with Crippen LogP contribution in [-0.4, -0.2) is 21.3 Å². The predicted octanol–water partition coefficient (Wildman–Crippen LogP) is -0.0455. The summed E-state index contributed by atoms with van der Waals surface area (Å²) < 4.78 is 0. The Morgan fingerprint density at radius 1 is 1.62 bits per heavy atom. The molecule has 72 valence electrons. The molecule has 0 amide bonds. The Kier molecular flexibility index (Phi) is 3.36. The molecule has 0 spiro atoms. The second-order valence-electron chi connectivity index (χ2n) is 3.01. The van der Waals surface area contributed by atoms with E-state index in [9.17, 15) is 5.11 Å². The summed E-state index contributed by atoms with van der Waals surface area (Å²) in [4.78, 5) is 4.01. The van der Waals surface area contributed by atoms with Crippen LogP contribution in [0.25, 0.3) is 0 Å². The molecule has 2 atom stereocenters. The second-order valence-corrected chi connectivity index (χ2v) is 3.01. The van der Waals surface area contributed by atoms with Gasteiger partial charge in [0.1, 0.15) is 0 Å². The van der Waals surface area contributed by atoms with Crippen LogP contribution in [0.1, 0.15) is 24.2 Å². The van der Waals surface area contributed by atoms with Gasteiger partial charge >= 0.3 is 0 Å². The lowest BCUT2D eigenvalue weighted by atomic mass is 10.1. The minimum Gasteiger partial charge on any atom is -0.392 e. The largest absolute Gasteiger partial charge is 0.392 e. The first-order chi connectivity index (χ1) is 6.15. The van der Waals surface area contributed by atoms with Crippen molar-refractivity contribution in [3.05, 3.63) is 29.6 Å². The van der Waals surface area contributed by atoms with Crippen molar-refractivity contribution >= 4 is 0 Å². The maximum Gasteiger partial charge on any atom is 0.0731 e. The molecule has 1 aromatic rings. The first-order valence-electron chi connectivity index (χ1n) is 4.14. The highest BCUT2D eigenvalue weighted by Crippen LogP contribution is 2.12. The summed E-state index contributed by atoms with van der Waals surface area (Å²) >= 11 is 0. The molecule has 1 rings (SSSR count). The van der Waals surface area contributed by atoms with Gasteiger partial charge in [-0.3, -0.25) is 4.98 Å². The van der Waals surface area contributed by atoms with Gasteiger partial charge < -0.3 is 15.9 Å². The van der Waals surface area contributed by atoms with E-state index in [1.54, 1.807) is 25.3 Å². The molecule has 0 saturated heterocycles. The number of hydrogen-bond acceptors (Lipinski definition) is 4. The summed E-state index contributed by atoms with van der Waals surface area (Å²) in [6.07, 6.45) is 0.935. The van der Waals surface area contributed by atoms with E-state index in [1.165, 1.54) is 0 Å². The Balaban J connectivity index is 2.88. The molecule has 0 radical (unpaired) electrons. The summed E-state index contributed by atoms with van der Waals surface area (Å²) in [6, 6.07) is 2.90. The lowest BCUT2D eigenvalue weighted by Gasteiger charge is -2.14. The Bertz CT molecular complexity index is 276. The average molecular weight is 182 g/mol. The quantitative estimate of drug-likeness (QED) is 0.612. The van der Waals surface area contributed by atoms with Crippen LogP contribution in [0.3, 0.4) is 0 Å². The van der Waals surface area contributed by atoms with E-state index in [4.69, 9.17) is 10.8 Å². The zero-order valence-electron chi connectivity index (χ0n) is 7.51. The van der Waals surface area contributed by atoms with Gasteiger partial charge in [-0.1, -0.05) is 0 Å². The molecule has 0 aliphatic heterocycles. The van der Waals surface area contributed by atoms with Crippen LogP contribution < -0.4 is 5.73 Å². The molecule has 0 saturated carbocycles. The summed E-state index contributed by atoms with van der Waals surface area (Å²) in [5.74, 6) is 0. The van der Waals surface area contributed by atoms with Gasteiger partial charge in [-0.2, -0.15) is 0 Å². The van der Waals surface area contributed by atoms with Gasteiger partial charge in [-0.25, -0.2) is 0 Å². The van der Waals surface area contributed by atoms with Crippen LogP contribution in [0.4, 0.5) is 0 Å². The van der Waals surface area contributed by atoms with E-state index in [0.29, 0.717) is 5.69 Å². The van der Waals surface area contributed by atoms with Crippen molar-refractivity contribution in [2.75, 3.05) is 0 Å². The number of nitrogens with zero attached hydrogens (tertiary/aromatic N) is 1. The highest BCUT2D eigenvalue weighted by Gasteiger charge is 2.13. The molecular formula is C9H14N2O2. The van der Waals surface area contributed by atoms with E-state index >= 15 is 0 Å². The predicted molar refractivity (Wildman–Crippen MR) is 48.8 cm³/mol. The van der Waals surface area contributed by atoms with Gasteiger partial charge in [0.25, 0.3) is 0 Å². The molecule has 1 heterocycles. The van der Waals surface area contributed by atoms with E-state index in [2.05, 4.69) is 4.98 Å². The summed E-state index contributed by atoms with van der Waals surface area (Å²) in [7, 11) is 0. The molecule has 4 heteroatoms. The zero-order chi connectivity index (χ0) is 9.84. The number of hydrogen-bond donors (Lipinski definition) is 3. The van der Waals surface area contributed by atoms with Crippen molar-refractivity contribution in [3.8, 4) is 0 Å². The van der Waals surface area contributed by atoms with Gasteiger partial charge in [-0.05, 0) is 24.6 Å². The van der Waals surface area contributed by atoms with Gasteiger partial charge in [-0.15, -0.1) is 0 Å². The summed E-state index contributed by atoms with van der Waals surface area (Å²) in [5, 5.41) is 18.1. The number of aliphatic hydroxyl groups is 2. The maximum atomic E-state index is 9.21. The van der Waals surface area contributed by atoms with Crippen LogP contribution in [-0.2, 0) is 6.61 Å². The van der Waals surface area contributed by atoms with E-state index in [1.807, 2.05) is 0 Å². The molecular weight excluding hydrogens is 168 g/mol. The van der Waals surface area contributed by atoms with Crippen molar-refractivity contribution in [1.82, 2.24) is 4.98 Å². The molecule has 1 aromatic heterocycles. The average Bonchev–Trinajstić information content (AvgIpc) is 2.16. The fraction of sp³-hybridized carbons (Fsp3) is 0.444. The minimum absolute atomic E-state index is 0.0396. The lowest BCUT2D eigenvalue weighted by Crippen LogP contribution is -2.24. The fourth-order valence-electron chi connectivity index (χ4n) is 1.02. The van der Waals surface area contributed by atoms with Crippen LogP contribution in [0.2, 0.25) is 0 Å². The smallest absolute Gasteiger partial charge is 0.0731 e. The van der Waals surface area contributed by atoms with Gasteiger partial charge in [0.15, 0.2) is 0 Å². The van der Waals surface area contributed by atoms with Crippen molar-refractivity contribution < 1.29 is 10.2 Å². The third kappa shape index (κ3) is 2.48. The van der Waals surface area contributed by atoms with E-state index in [0.717, 1.165) is 5.56 Å². The van der Waals surface area contributed by atoms with Crippen molar-refractivity contribution in [3.63, 3.8) is 0 Å². The Hall–Kier alpha value is -0.970. The fourth-order valence-corrected chi connectivity index (χ4v) is 1.02. The Morgan fingerprint density at radius 2 is 2.31 bits per heavy atom. The second kappa shape index (κ2) is 4.32. The molecule has 0 fully saturated rings. The number of rotatable bonds is 3. The van der Waals surface area contributed by atoms with Gasteiger partial charge in [0.2, 0.25) is 0 Å². The van der Waals surface area contributed by atoms with Crippen molar-refractivity contribution in [1.29, 1.82) is 0 Å². The summed E-state index contributed by atoms with van der Waals surface area (Å²) in [6.45, 7) is 1.57. The monoisotopic (exact) mass is 182 g/mol. The van der Waals surface area contributed by atoms with Crippen LogP contribution >= 0.6 is 0 Å². The van der Waals surface area contributed by atoms with Gasteiger partial charge in [0.05, 0.1) is 24.4 Å². The normalized spacial score (nSPS) is 15.4. The van der Waals surface area contributed by atoms with Crippen molar-refractivity contribution in [2.45, 2.75) is 25.7 Å². The third-order valence-corrected chi connectivity index (χ3v) is 1.89. The first kappa shape index (κ1) is 10.1. The first-order valence-corrected chi connectivity index (χ1v) is 4.14. The van der Waals surface area contributed by atoms with E-state index in [-0.39, 0.29) is 6.61 Å². The molecule has 0 unspecified atom stereocenters. The molecule has 13 heavy (non-hydrogen) atoms. The number of aromatic nitrogens is 1. The zero-order valence-corrected chi connectivity index (χ0v) is 7.51. The van der Waals surface area contributed by atoms with Crippen LogP contribution in [0, 0.1) is 0 Å². The Morgan fingerprint density at radius 3 is 2.85 bits per heavy atom. The molecule has 0 aliphatic rings. The maximum absolute atomic E-state index is 9.21. The molecule has 0 bridgehead atoms. The molecule has 0 aromatic carbocycles. The third-order valence-electron chi connectivity index (χ3n) is 1.89. The topological polar surface area (TPSA) is 79.4 Å². The van der Waals surface area contributed by atoms with Crippen LogP contribution in [0.5, 0.6) is 0 Å². The highest BCUT2D eigenvalue weighted by molar-refractivity contribution is 5.18. The standard InChI is InChI=1S/C9H14N2O2/c1-6(13)9(10)8-4-7(5-12)2-3-11-8/h2-4,6,9,12-13H,5,10H2,1H3/t6-,9+/m0/s1. The van der Waals surface area contributed by atoms with E-state index < -0.39 is 12.1 Å². The van der Waals surface area contributed by atoms with Gasteiger partial charge in [0, 0.05) is 6.20 Å². The SMILES string of the molecule is C[C@H](O)[C@@H](N)c1cc(CO)ccn1. The highest BCUT2D eigenvalue weighted by atomic mass is 16.3. The summed E-state index contributed by atoms with van der Waals surface area (Å²) in [5.41, 5.74) is 7.02. The molecule has 4 nitrogen and oxygen atoms in total.